The number of nitrogens with zero attached hydrogens (tertiary/aromatic N) is 2. The summed E-state index contributed by atoms with van der Waals surface area (Å²) in [5, 5.41) is 6.18. The smallest absolute Gasteiger partial charge is 0.319 e. The van der Waals surface area contributed by atoms with E-state index in [9.17, 15) is 4.79 Å². The van der Waals surface area contributed by atoms with Crippen LogP contribution < -0.4 is 10.6 Å². The number of imidazole rings is 1. The first-order valence-corrected chi connectivity index (χ1v) is 7.41. The summed E-state index contributed by atoms with van der Waals surface area (Å²) in [6, 6.07) is 6.84. The van der Waals surface area contributed by atoms with Crippen molar-refractivity contribution >= 4 is 23.3 Å². The Hall–Kier alpha value is -2.01. The molecule has 3 rings (SSSR count). The van der Waals surface area contributed by atoms with Crippen molar-refractivity contribution in [2.75, 3.05) is 11.9 Å². The Balaban J connectivity index is 1.46. The summed E-state index contributed by atoms with van der Waals surface area (Å²) >= 11 is 5.87. The molecule has 0 saturated heterocycles. The third-order valence-electron chi connectivity index (χ3n) is 3.41. The molecule has 5 nitrogen and oxygen atoms in total. The molecule has 1 aliphatic rings. The lowest BCUT2D eigenvalue weighted by Crippen LogP contribution is -2.31. The molecule has 1 aliphatic carbocycles. The van der Waals surface area contributed by atoms with Gasteiger partial charge in [0, 0.05) is 42.1 Å². The van der Waals surface area contributed by atoms with Crippen LogP contribution in [0.3, 0.4) is 0 Å². The largest absolute Gasteiger partial charge is 0.336 e. The van der Waals surface area contributed by atoms with Gasteiger partial charge in [0.1, 0.15) is 5.82 Å². The molecule has 0 aliphatic heterocycles. The van der Waals surface area contributed by atoms with Crippen molar-refractivity contribution in [1.29, 1.82) is 0 Å². The third kappa shape index (κ3) is 3.76. The topological polar surface area (TPSA) is 59.0 Å². The highest BCUT2D eigenvalue weighted by atomic mass is 35.5. The molecular weight excluding hydrogens is 288 g/mol. The lowest BCUT2D eigenvalue weighted by Gasteiger charge is -2.10. The summed E-state index contributed by atoms with van der Waals surface area (Å²) in [7, 11) is 0. The third-order valence-corrected chi connectivity index (χ3v) is 3.65. The zero-order chi connectivity index (χ0) is 14.7. The van der Waals surface area contributed by atoms with Gasteiger partial charge in [0.15, 0.2) is 0 Å². The van der Waals surface area contributed by atoms with Gasteiger partial charge < -0.3 is 15.2 Å². The van der Waals surface area contributed by atoms with Gasteiger partial charge in [0.05, 0.1) is 0 Å². The number of nitrogens with one attached hydrogen (secondary N) is 2. The Morgan fingerprint density at radius 2 is 2.29 bits per heavy atom. The van der Waals surface area contributed by atoms with E-state index in [4.69, 9.17) is 11.6 Å². The van der Waals surface area contributed by atoms with Crippen LogP contribution >= 0.6 is 11.6 Å². The predicted molar refractivity (Wildman–Crippen MR) is 82.7 cm³/mol. The molecule has 1 saturated carbocycles. The van der Waals surface area contributed by atoms with Crippen LogP contribution in [0.1, 0.15) is 24.6 Å². The van der Waals surface area contributed by atoms with E-state index in [2.05, 4.69) is 20.2 Å². The lowest BCUT2D eigenvalue weighted by molar-refractivity contribution is 0.251. The van der Waals surface area contributed by atoms with Gasteiger partial charge in [0.25, 0.3) is 0 Å². The highest BCUT2D eigenvalue weighted by Crippen LogP contribution is 2.38. The van der Waals surface area contributed by atoms with E-state index in [0.29, 0.717) is 23.2 Å². The van der Waals surface area contributed by atoms with Crippen LogP contribution in [-0.2, 0) is 6.54 Å². The van der Waals surface area contributed by atoms with Crippen LogP contribution in [0.5, 0.6) is 0 Å². The molecule has 0 bridgehead atoms. The van der Waals surface area contributed by atoms with Crippen molar-refractivity contribution in [3.05, 3.63) is 47.5 Å². The molecule has 1 aromatic carbocycles. The van der Waals surface area contributed by atoms with E-state index in [1.54, 1.807) is 24.3 Å². The molecule has 2 N–H and O–H groups in total. The van der Waals surface area contributed by atoms with Gasteiger partial charge in [-0.1, -0.05) is 17.7 Å². The first kappa shape index (κ1) is 13.9. The summed E-state index contributed by atoms with van der Waals surface area (Å²) in [5.41, 5.74) is 0.682. The minimum absolute atomic E-state index is 0.231. The first-order chi connectivity index (χ1) is 10.2. The van der Waals surface area contributed by atoms with Gasteiger partial charge in [-0.25, -0.2) is 9.78 Å². The summed E-state index contributed by atoms with van der Waals surface area (Å²) in [5.74, 6) is 1.74. The number of hydrogen-bond donors (Lipinski definition) is 2. The Kier molecular flexibility index (Phi) is 4.10. The van der Waals surface area contributed by atoms with Crippen molar-refractivity contribution < 1.29 is 4.79 Å². The lowest BCUT2D eigenvalue weighted by atomic mass is 10.3. The van der Waals surface area contributed by atoms with Crippen LogP contribution in [0.25, 0.3) is 0 Å². The first-order valence-electron chi connectivity index (χ1n) is 7.04. The van der Waals surface area contributed by atoms with Crippen molar-refractivity contribution in [2.24, 2.45) is 0 Å². The van der Waals surface area contributed by atoms with Gasteiger partial charge in [-0.05, 0) is 31.0 Å². The fourth-order valence-corrected chi connectivity index (χ4v) is 2.43. The summed E-state index contributed by atoms with van der Waals surface area (Å²) < 4.78 is 2.11. The molecule has 1 aromatic heterocycles. The molecule has 1 heterocycles. The second kappa shape index (κ2) is 6.18. The highest BCUT2D eigenvalue weighted by molar-refractivity contribution is 6.30. The zero-order valence-electron chi connectivity index (χ0n) is 11.6. The highest BCUT2D eigenvalue weighted by Gasteiger charge is 2.27. The van der Waals surface area contributed by atoms with E-state index in [-0.39, 0.29) is 6.03 Å². The van der Waals surface area contributed by atoms with Crippen LogP contribution in [0.2, 0.25) is 5.02 Å². The van der Waals surface area contributed by atoms with E-state index >= 15 is 0 Å². The van der Waals surface area contributed by atoms with Crippen molar-refractivity contribution in [2.45, 2.75) is 25.3 Å². The predicted octanol–water partition coefficient (Wildman–Crippen LogP) is 3.24. The molecule has 0 radical (unpaired) electrons. The summed E-state index contributed by atoms with van der Waals surface area (Å²) in [6.45, 7) is 1.29. The van der Waals surface area contributed by atoms with Gasteiger partial charge in [-0.15, -0.1) is 0 Å². The normalized spacial score (nSPS) is 14.0. The maximum atomic E-state index is 11.8. The number of rotatable bonds is 5. The summed E-state index contributed by atoms with van der Waals surface area (Å²) in [6.07, 6.45) is 6.23. The van der Waals surface area contributed by atoms with Gasteiger partial charge in [-0.3, -0.25) is 0 Å². The van der Waals surface area contributed by atoms with E-state index in [1.807, 2.05) is 12.4 Å². The van der Waals surface area contributed by atoms with Gasteiger partial charge in [0.2, 0.25) is 0 Å². The quantitative estimate of drug-likeness (QED) is 0.891. The number of halogens is 1. The Bertz CT molecular complexity index is 636. The molecule has 2 aromatic rings. The van der Waals surface area contributed by atoms with Crippen LogP contribution in [-0.4, -0.2) is 22.1 Å². The molecule has 21 heavy (non-hydrogen) atoms. The van der Waals surface area contributed by atoms with Crippen molar-refractivity contribution in [3.8, 4) is 0 Å². The standard InChI is InChI=1S/C15H17ClN4O/c16-12-2-1-3-13(10-12)19-15(21)18-7-9-20-8-6-17-14(20)11-4-5-11/h1-3,6,8,10-11H,4-5,7,9H2,(H2,18,19,21). The van der Waals surface area contributed by atoms with Crippen LogP contribution in [0.4, 0.5) is 10.5 Å². The minimum Gasteiger partial charge on any atom is -0.336 e. The average molecular weight is 305 g/mol. The van der Waals surface area contributed by atoms with Gasteiger partial charge >= 0.3 is 6.03 Å². The fourth-order valence-electron chi connectivity index (χ4n) is 2.24. The van der Waals surface area contributed by atoms with Crippen LogP contribution in [0, 0.1) is 0 Å². The molecule has 2 amide bonds. The minimum atomic E-state index is -0.231. The number of hydrogen-bond acceptors (Lipinski definition) is 2. The number of benzene rings is 1. The molecule has 6 heteroatoms. The number of carbonyl (C=O) groups is 1. The molecule has 110 valence electrons. The average Bonchev–Trinajstić information content (AvgIpc) is 3.19. The number of aromatic nitrogens is 2. The molecule has 0 spiro atoms. The molecule has 0 atom stereocenters. The number of carbonyl (C=O) groups excluding carboxylic acids is 1. The molecular formula is C15H17ClN4O. The van der Waals surface area contributed by atoms with Crippen molar-refractivity contribution in [3.63, 3.8) is 0 Å². The van der Waals surface area contributed by atoms with Crippen molar-refractivity contribution in [1.82, 2.24) is 14.9 Å². The Morgan fingerprint density at radius 3 is 3.05 bits per heavy atom. The SMILES string of the molecule is O=C(NCCn1ccnc1C1CC1)Nc1cccc(Cl)c1. The number of anilines is 1. The molecule has 0 unspecified atom stereocenters. The molecule has 1 fully saturated rings. The maximum Gasteiger partial charge on any atom is 0.319 e. The zero-order valence-corrected chi connectivity index (χ0v) is 12.3. The second-order valence-corrected chi connectivity index (χ2v) is 5.58. The second-order valence-electron chi connectivity index (χ2n) is 5.14. The van der Waals surface area contributed by atoms with Crippen LogP contribution in [0.15, 0.2) is 36.7 Å². The van der Waals surface area contributed by atoms with E-state index < -0.39 is 0 Å². The fraction of sp³-hybridized carbons (Fsp3) is 0.333. The van der Waals surface area contributed by atoms with Gasteiger partial charge in [-0.2, -0.15) is 0 Å². The monoisotopic (exact) mass is 304 g/mol. The van der Waals surface area contributed by atoms with E-state index in [1.165, 1.54) is 12.8 Å². The van der Waals surface area contributed by atoms with E-state index in [0.717, 1.165) is 12.4 Å². The summed E-state index contributed by atoms with van der Waals surface area (Å²) in [4.78, 5) is 16.2. The Morgan fingerprint density at radius 1 is 1.43 bits per heavy atom. The number of amides is 2. The Labute approximate surface area is 128 Å². The number of urea groups is 1. The maximum absolute atomic E-state index is 11.8.